The van der Waals surface area contributed by atoms with Crippen molar-refractivity contribution in [2.24, 2.45) is 5.92 Å². The van der Waals surface area contributed by atoms with Gasteiger partial charge in [0.25, 0.3) is 0 Å². The highest BCUT2D eigenvalue weighted by Crippen LogP contribution is 2.24. The van der Waals surface area contributed by atoms with E-state index in [1.165, 1.54) is 35.2 Å². The average molecular weight is 433 g/mol. The number of rotatable bonds is 6. The van der Waals surface area contributed by atoms with Crippen molar-refractivity contribution in [1.29, 1.82) is 0 Å². The molecule has 0 saturated carbocycles. The number of nitrogens with zero attached hydrogens (tertiary/aromatic N) is 3. The largest absolute Gasteiger partial charge is 0.348 e. The molecule has 1 amide bonds. The van der Waals surface area contributed by atoms with Crippen LogP contribution in [-0.4, -0.2) is 44.4 Å². The lowest BCUT2D eigenvalue weighted by atomic mass is 9.93. The minimum atomic E-state index is -0.274. The molecule has 29 heavy (non-hydrogen) atoms. The molecular formula is C20H21FN4O2S2. The number of H-pyrrole nitrogens is 1. The number of nitrogens with one attached hydrogen (secondary N) is 1. The molecule has 0 radical (unpaired) electrons. The normalized spacial score (nSPS) is 15.0. The number of carbonyl (C=O) groups is 1. The minimum Gasteiger partial charge on any atom is -0.342 e. The van der Waals surface area contributed by atoms with E-state index in [1.54, 1.807) is 16.7 Å². The van der Waals surface area contributed by atoms with E-state index in [0.29, 0.717) is 31.2 Å². The highest BCUT2D eigenvalue weighted by atomic mass is 32.2. The molecule has 6 nitrogen and oxygen atoms in total. The second-order valence-electron chi connectivity index (χ2n) is 7.00. The van der Waals surface area contributed by atoms with Gasteiger partial charge in [0.1, 0.15) is 16.6 Å². The van der Waals surface area contributed by atoms with Crippen LogP contribution >= 0.6 is 23.1 Å². The molecule has 1 aliphatic rings. The summed E-state index contributed by atoms with van der Waals surface area (Å²) in [5.74, 6) is 1.32. The summed E-state index contributed by atoms with van der Waals surface area (Å²) in [6.45, 7) is 1.42. The molecule has 1 saturated heterocycles. The van der Waals surface area contributed by atoms with E-state index in [-0.39, 0.29) is 17.4 Å². The van der Waals surface area contributed by atoms with E-state index in [1.807, 2.05) is 22.4 Å². The highest BCUT2D eigenvalue weighted by Gasteiger charge is 2.25. The average Bonchev–Trinajstić information content (AvgIpc) is 3.37. The monoisotopic (exact) mass is 432 g/mol. The molecular weight excluding hydrogens is 411 g/mol. The van der Waals surface area contributed by atoms with Crippen LogP contribution in [0.25, 0.3) is 5.00 Å². The number of benzene rings is 1. The number of aromatic nitrogens is 3. The van der Waals surface area contributed by atoms with Gasteiger partial charge in [-0.15, -0.1) is 23.1 Å². The number of amides is 1. The fraction of sp³-hybridized carbons (Fsp3) is 0.350. The van der Waals surface area contributed by atoms with Crippen LogP contribution < -0.4 is 5.69 Å². The van der Waals surface area contributed by atoms with E-state index in [4.69, 9.17) is 0 Å². The number of likely N-dealkylation sites (tertiary alicyclic amines) is 1. The van der Waals surface area contributed by atoms with Gasteiger partial charge in [-0.05, 0) is 60.5 Å². The van der Waals surface area contributed by atoms with Gasteiger partial charge in [0.15, 0.2) is 0 Å². The Morgan fingerprint density at radius 1 is 1.24 bits per heavy atom. The summed E-state index contributed by atoms with van der Waals surface area (Å²) in [4.78, 5) is 27.4. The number of halogens is 1. The van der Waals surface area contributed by atoms with Crippen molar-refractivity contribution in [3.05, 3.63) is 63.9 Å². The Balaban J connectivity index is 1.29. The molecule has 1 N–H and O–H groups in total. The van der Waals surface area contributed by atoms with E-state index in [0.717, 1.165) is 28.6 Å². The molecule has 0 unspecified atom stereocenters. The lowest BCUT2D eigenvalue weighted by Crippen LogP contribution is -2.40. The van der Waals surface area contributed by atoms with E-state index in [2.05, 4.69) is 10.2 Å². The van der Waals surface area contributed by atoms with Crippen molar-refractivity contribution in [1.82, 2.24) is 19.7 Å². The third-order valence-corrected chi connectivity index (χ3v) is 6.93. The number of thioether (sulfide) groups is 1. The highest BCUT2D eigenvalue weighted by molar-refractivity contribution is 8.00. The second kappa shape index (κ2) is 8.96. The molecule has 0 bridgehead atoms. The van der Waals surface area contributed by atoms with Gasteiger partial charge in [-0.25, -0.2) is 18.9 Å². The Hall–Kier alpha value is -2.39. The van der Waals surface area contributed by atoms with Crippen LogP contribution in [0.4, 0.5) is 4.39 Å². The van der Waals surface area contributed by atoms with Gasteiger partial charge in [-0.3, -0.25) is 4.79 Å². The lowest BCUT2D eigenvalue weighted by molar-refractivity contribution is -0.129. The Labute approximate surface area is 175 Å². The molecule has 4 rings (SSSR count). The first-order chi connectivity index (χ1) is 14.1. The van der Waals surface area contributed by atoms with Crippen molar-refractivity contribution in [3.8, 4) is 5.00 Å². The van der Waals surface area contributed by atoms with Crippen molar-refractivity contribution in [2.45, 2.75) is 24.2 Å². The first-order valence-corrected chi connectivity index (χ1v) is 11.3. The van der Waals surface area contributed by atoms with Gasteiger partial charge in [-0.2, -0.15) is 5.10 Å². The molecule has 1 aliphatic heterocycles. The van der Waals surface area contributed by atoms with Crippen LogP contribution in [-0.2, 0) is 11.2 Å². The van der Waals surface area contributed by atoms with Crippen LogP contribution in [0.5, 0.6) is 0 Å². The number of aromatic amines is 1. The summed E-state index contributed by atoms with van der Waals surface area (Å²) in [5, 5.41) is 9.56. The zero-order valence-corrected chi connectivity index (χ0v) is 17.3. The number of hydrogen-bond acceptors (Lipinski definition) is 5. The summed E-state index contributed by atoms with van der Waals surface area (Å²) in [5.41, 5.74) is -0.215. The molecule has 0 spiro atoms. The zero-order chi connectivity index (χ0) is 20.2. The Morgan fingerprint density at radius 3 is 2.69 bits per heavy atom. The number of piperidine rings is 1. The fourth-order valence-electron chi connectivity index (χ4n) is 3.50. The third-order valence-electron chi connectivity index (χ3n) is 5.08. The van der Waals surface area contributed by atoms with Gasteiger partial charge >= 0.3 is 5.69 Å². The second-order valence-corrected chi connectivity index (χ2v) is 8.98. The van der Waals surface area contributed by atoms with Crippen molar-refractivity contribution in [2.75, 3.05) is 18.8 Å². The minimum absolute atomic E-state index is 0.105. The number of carbonyl (C=O) groups excluding carboxylic acids is 1. The molecule has 9 heteroatoms. The van der Waals surface area contributed by atoms with Crippen LogP contribution in [0, 0.1) is 11.7 Å². The maximum absolute atomic E-state index is 13.0. The van der Waals surface area contributed by atoms with Gasteiger partial charge in [0.05, 0.1) is 5.75 Å². The predicted molar refractivity (Wildman–Crippen MR) is 112 cm³/mol. The summed E-state index contributed by atoms with van der Waals surface area (Å²) in [6, 6.07) is 10.0. The molecule has 3 heterocycles. The molecule has 3 aromatic rings. The SMILES string of the molecule is O=C(CSc1ccc(F)cc1)N1CCC(Cc2n[nH]c(=O)n2-c2cccs2)CC1. The van der Waals surface area contributed by atoms with Gasteiger partial charge < -0.3 is 4.90 Å². The van der Waals surface area contributed by atoms with E-state index >= 15 is 0 Å². The summed E-state index contributed by atoms with van der Waals surface area (Å²) in [6.07, 6.45) is 2.49. The Morgan fingerprint density at radius 2 is 2.00 bits per heavy atom. The smallest absolute Gasteiger partial charge is 0.342 e. The van der Waals surface area contributed by atoms with Crippen LogP contribution in [0.3, 0.4) is 0 Å². The molecule has 0 aliphatic carbocycles. The van der Waals surface area contributed by atoms with Crippen LogP contribution in [0.15, 0.2) is 51.5 Å². The Bertz CT molecular complexity index is 1010. The van der Waals surface area contributed by atoms with E-state index < -0.39 is 0 Å². The molecule has 2 aromatic heterocycles. The quantitative estimate of drug-likeness (QED) is 0.607. The van der Waals surface area contributed by atoms with Crippen molar-refractivity contribution in [3.63, 3.8) is 0 Å². The van der Waals surface area contributed by atoms with Gasteiger partial charge in [0.2, 0.25) is 5.91 Å². The summed E-state index contributed by atoms with van der Waals surface area (Å²) in [7, 11) is 0. The lowest BCUT2D eigenvalue weighted by Gasteiger charge is -2.31. The van der Waals surface area contributed by atoms with Crippen LogP contribution in [0.1, 0.15) is 18.7 Å². The molecule has 1 fully saturated rings. The maximum Gasteiger partial charge on any atom is 0.348 e. The molecule has 1 aromatic carbocycles. The van der Waals surface area contributed by atoms with Crippen LogP contribution in [0.2, 0.25) is 0 Å². The van der Waals surface area contributed by atoms with Gasteiger partial charge in [0, 0.05) is 24.4 Å². The third kappa shape index (κ3) is 4.79. The molecule has 152 valence electrons. The first-order valence-electron chi connectivity index (χ1n) is 9.46. The standard InChI is InChI=1S/C20H21FN4O2S2/c21-15-3-5-16(6-4-15)29-13-18(26)24-9-7-14(8-10-24)12-17-22-23-20(27)25(17)19-2-1-11-28-19/h1-6,11,14H,7-10,12-13H2,(H,23,27). The maximum atomic E-state index is 13.0. The summed E-state index contributed by atoms with van der Waals surface area (Å²) < 4.78 is 14.6. The topological polar surface area (TPSA) is 71.0 Å². The molecule has 0 atom stereocenters. The predicted octanol–water partition coefficient (Wildman–Crippen LogP) is 3.33. The van der Waals surface area contributed by atoms with Crippen molar-refractivity contribution < 1.29 is 9.18 Å². The first kappa shape index (κ1) is 19.9. The number of thiophene rings is 1. The van der Waals surface area contributed by atoms with Crippen molar-refractivity contribution >= 4 is 29.0 Å². The van der Waals surface area contributed by atoms with E-state index in [9.17, 15) is 14.0 Å². The number of hydrogen-bond donors (Lipinski definition) is 1. The Kier molecular flexibility index (Phi) is 6.15. The fourth-order valence-corrected chi connectivity index (χ4v) is 5.05. The van der Waals surface area contributed by atoms with Gasteiger partial charge in [-0.1, -0.05) is 0 Å². The zero-order valence-electron chi connectivity index (χ0n) is 15.7. The summed E-state index contributed by atoms with van der Waals surface area (Å²) >= 11 is 2.94.